The molecule has 31 heavy (non-hydrogen) atoms. The topological polar surface area (TPSA) is 100 Å². The summed E-state index contributed by atoms with van der Waals surface area (Å²) in [5.74, 6) is 0.935. The standard InChI is InChI=1S/C22H25ClN2O6/c1-28-14-6-7-18(29-2)15(11-14)17-5-4-8-25(17)22(27)13-9-16(23)21(19(10-13)30-3)31-12-20(24)26/h6-7,9-11,17H,4-5,8,12H2,1-3H3,(H2,24,26). The summed E-state index contributed by atoms with van der Waals surface area (Å²) >= 11 is 6.32. The van der Waals surface area contributed by atoms with Gasteiger partial charge in [-0.15, -0.1) is 0 Å². The van der Waals surface area contributed by atoms with Gasteiger partial charge < -0.3 is 29.6 Å². The second-order valence-corrected chi connectivity index (χ2v) is 7.42. The number of nitrogens with zero attached hydrogens (tertiary/aromatic N) is 1. The van der Waals surface area contributed by atoms with Crippen molar-refractivity contribution in [2.75, 3.05) is 34.5 Å². The van der Waals surface area contributed by atoms with E-state index in [-0.39, 0.29) is 35.1 Å². The molecule has 1 aliphatic rings. The van der Waals surface area contributed by atoms with Crippen molar-refractivity contribution in [2.45, 2.75) is 18.9 Å². The highest BCUT2D eigenvalue weighted by Gasteiger charge is 2.33. The molecule has 0 aliphatic carbocycles. The molecule has 0 radical (unpaired) electrons. The Morgan fingerprint density at radius 3 is 2.48 bits per heavy atom. The van der Waals surface area contributed by atoms with Gasteiger partial charge in [0.2, 0.25) is 0 Å². The molecule has 2 amide bonds. The molecule has 0 aromatic heterocycles. The molecule has 0 spiro atoms. The van der Waals surface area contributed by atoms with E-state index in [4.69, 9.17) is 36.3 Å². The first kappa shape index (κ1) is 22.6. The van der Waals surface area contributed by atoms with Crippen LogP contribution in [0.3, 0.4) is 0 Å². The van der Waals surface area contributed by atoms with E-state index in [1.807, 2.05) is 18.2 Å². The van der Waals surface area contributed by atoms with Gasteiger partial charge in [0, 0.05) is 17.7 Å². The van der Waals surface area contributed by atoms with Crippen molar-refractivity contribution in [3.8, 4) is 23.0 Å². The zero-order valence-electron chi connectivity index (χ0n) is 17.6. The summed E-state index contributed by atoms with van der Waals surface area (Å²) in [5.41, 5.74) is 6.36. The second-order valence-electron chi connectivity index (χ2n) is 7.01. The lowest BCUT2D eigenvalue weighted by Crippen LogP contribution is -2.31. The van der Waals surface area contributed by atoms with E-state index in [9.17, 15) is 9.59 Å². The number of amides is 2. The predicted octanol–water partition coefficient (Wildman–Crippen LogP) is 3.21. The Balaban J connectivity index is 1.93. The van der Waals surface area contributed by atoms with E-state index in [0.29, 0.717) is 23.6 Å². The van der Waals surface area contributed by atoms with Gasteiger partial charge in [0.15, 0.2) is 18.1 Å². The number of carbonyl (C=O) groups excluding carboxylic acids is 2. The number of methoxy groups -OCH3 is 3. The molecule has 1 atom stereocenters. The lowest BCUT2D eigenvalue weighted by Gasteiger charge is -2.27. The molecule has 1 heterocycles. The number of halogens is 1. The Bertz CT molecular complexity index is 981. The monoisotopic (exact) mass is 448 g/mol. The van der Waals surface area contributed by atoms with Crippen LogP contribution in [0.1, 0.15) is 34.8 Å². The molecular formula is C22H25ClN2O6. The summed E-state index contributed by atoms with van der Waals surface area (Å²) in [6.07, 6.45) is 1.64. The van der Waals surface area contributed by atoms with Crippen LogP contribution >= 0.6 is 11.6 Å². The number of carbonyl (C=O) groups is 2. The Kier molecular flexibility index (Phi) is 7.12. The highest BCUT2D eigenvalue weighted by molar-refractivity contribution is 6.32. The van der Waals surface area contributed by atoms with Crippen LogP contribution in [0.4, 0.5) is 0 Å². The van der Waals surface area contributed by atoms with Crippen LogP contribution in [0.15, 0.2) is 30.3 Å². The van der Waals surface area contributed by atoms with Gasteiger partial charge in [-0.3, -0.25) is 9.59 Å². The van der Waals surface area contributed by atoms with Crippen LogP contribution in [-0.2, 0) is 4.79 Å². The summed E-state index contributed by atoms with van der Waals surface area (Å²) in [5, 5.41) is 0.152. The van der Waals surface area contributed by atoms with Gasteiger partial charge in [-0.25, -0.2) is 0 Å². The summed E-state index contributed by atoms with van der Waals surface area (Å²) in [6.45, 7) is 0.233. The highest BCUT2D eigenvalue weighted by Crippen LogP contribution is 2.41. The smallest absolute Gasteiger partial charge is 0.255 e. The van der Waals surface area contributed by atoms with Crippen molar-refractivity contribution in [3.05, 3.63) is 46.5 Å². The minimum atomic E-state index is -0.648. The Hall–Kier alpha value is -3.13. The van der Waals surface area contributed by atoms with Crippen molar-refractivity contribution >= 4 is 23.4 Å². The fourth-order valence-corrected chi connectivity index (χ4v) is 3.99. The minimum absolute atomic E-state index is 0.152. The van der Waals surface area contributed by atoms with Gasteiger partial charge in [-0.1, -0.05) is 11.6 Å². The summed E-state index contributed by atoms with van der Waals surface area (Å²) in [4.78, 5) is 26.2. The van der Waals surface area contributed by atoms with Crippen molar-refractivity contribution in [3.63, 3.8) is 0 Å². The van der Waals surface area contributed by atoms with E-state index in [1.54, 1.807) is 25.2 Å². The van der Waals surface area contributed by atoms with Crippen LogP contribution in [-0.4, -0.2) is 51.2 Å². The maximum atomic E-state index is 13.4. The molecule has 1 fully saturated rings. The van der Waals surface area contributed by atoms with Crippen LogP contribution in [0, 0.1) is 0 Å². The molecule has 1 saturated heterocycles. The minimum Gasteiger partial charge on any atom is -0.497 e. The molecule has 0 saturated carbocycles. The maximum absolute atomic E-state index is 13.4. The molecular weight excluding hydrogens is 424 g/mol. The first-order valence-corrected chi connectivity index (χ1v) is 10.1. The predicted molar refractivity (Wildman–Crippen MR) is 115 cm³/mol. The zero-order valence-corrected chi connectivity index (χ0v) is 18.4. The number of likely N-dealkylation sites (tertiary alicyclic amines) is 1. The third-order valence-electron chi connectivity index (χ3n) is 5.14. The third kappa shape index (κ3) is 4.80. The Morgan fingerprint density at radius 1 is 1.10 bits per heavy atom. The molecule has 2 N–H and O–H groups in total. The van der Waals surface area contributed by atoms with Gasteiger partial charge in [-0.2, -0.15) is 0 Å². The fraction of sp³-hybridized carbons (Fsp3) is 0.364. The average molecular weight is 449 g/mol. The summed E-state index contributed by atoms with van der Waals surface area (Å²) < 4.78 is 21.5. The third-order valence-corrected chi connectivity index (χ3v) is 5.43. The normalized spacial score (nSPS) is 15.5. The van der Waals surface area contributed by atoms with E-state index in [2.05, 4.69) is 0 Å². The lowest BCUT2D eigenvalue weighted by molar-refractivity contribution is -0.119. The van der Waals surface area contributed by atoms with Gasteiger partial charge in [0.05, 0.1) is 32.4 Å². The molecule has 0 bridgehead atoms. The molecule has 1 unspecified atom stereocenters. The first-order chi connectivity index (χ1) is 14.9. The number of hydrogen-bond acceptors (Lipinski definition) is 6. The van der Waals surface area contributed by atoms with Gasteiger partial charge >= 0.3 is 0 Å². The molecule has 3 rings (SSSR count). The first-order valence-electron chi connectivity index (χ1n) is 9.71. The van der Waals surface area contributed by atoms with Crippen molar-refractivity contribution in [2.24, 2.45) is 5.73 Å². The van der Waals surface area contributed by atoms with Gasteiger partial charge in [0.1, 0.15) is 11.5 Å². The van der Waals surface area contributed by atoms with Crippen LogP contribution < -0.4 is 24.7 Å². The molecule has 2 aromatic carbocycles. The van der Waals surface area contributed by atoms with Crippen LogP contribution in [0.25, 0.3) is 0 Å². The average Bonchev–Trinajstić information content (AvgIpc) is 3.26. The maximum Gasteiger partial charge on any atom is 0.255 e. The van der Waals surface area contributed by atoms with Gasteiger partial charge in [-0.05, 0) is 43.2 Å². The van der Waals surface area contributed by atoms with Crippen LogP contribution in [0.5, 0.6) is 23.0 Å². The van der Waals surface area contributed by atoms with E-state index >= 15 is 0 Å². The Labute approximate surface area is 185 Å². The van der Waals surface area contributed by atoms with E-state index in [0.717, 1.165) is 18.4 Å². The molecule has 1 aliphatic heterocycles. The quantitative estimate of drug-likeness (QED) is 0.665. The summed E-state index contributed by atoms with van der Waals surface area (Å²) in [6, 6.07) is 8.42. The molecule has 2 aromatic rings. The lowest BCUT2D eigenvalue weighted by atomic mass is 10.0. The largest absolute Gasteiger partial charge is 0.497 e. The zero-order chi connectivity index (χ0) is 22.5. The number of nitrogens with two attached hydrogens (primary N) is 1. The number of ether oxygens (including phenoxy) is 4. The van der Waals surface area contributed by atoms with Crippen molar-refractivity contribution in [1.29, 1.82) is 0 Å². The highest BCUT2D eigenvalue weighted by atomic mass is 35.5. The number of primary amides is 1. The second kappa shape index (κ2) is 9.78. The van der Waals surface area contributed by atoms with E-state index < -0.39 is 5.91 Å². The number of hydrogen-bond donors (Lipinski definition) is 1. The van der Waals surface area contributed by atoms with E-state index in [1.165, 1.54) is 13.2 Å². The van der Waals surface area contributed by atoms with Crippen molar-refractivity contribution < 1.29 is 28.5 Å². The van der Waals surface area contributed by atoms with Gasteiger partial charge in [0.25, 0.3) is 11.8 Å². The molecule has 8 nitrogen and oxygen atoms in total. The van der Waals surface area contributed by atoms with Crippen molar-refractivity contribution in [1.82, 2.24) is 4.90 Å². The molecule has 9 heteroatoms. The summed E-state index contributed by atoms with van der Waals surface area (Å²) in [7, 11) is 4.62. The molecule has 166 valence electrons. The number of rotatable bonds is 8. The SMILES string of the molecule is COc1ccc(OC)c(C2CCCN2C(=O)c2cc(Cl)c(OCC(N)=O)c(OC)c2)c1. The fourth-order valence-electron chi connectivity index (χ4n) is 3.73. The number of benzene rings is 2. The van der Waals surface area contributed by atoms with Crippen LogP contribution in [0.2, 0.25) is 5.02 Å². The Morgan fingerprint density at radius 2 is 1.84 bits per heavy atom.